The van der Waals surface area contributed by atoms with E-state index in [0.717, 1.165) is 23.0 Å². The van der Waals surface area contributed by atoms with E-state index in [1.807, 2.05) is 6.92 Å². The van der Waals surface area contributed by atoms with Gasteiger partial charge in [-0.2, -0.15) is 0 Å². The Balaban J connectivity index is 2.08. The lowest BCUT2D eigenvalue weighted by Crippen LogP contribution is -2.15. The minimum Gasteiger partial charge on any atom is -0.389 e. The number of aryl methyl sites for hydroxylation is 1. The number of aliphatic hydroxyl groups excluding tert-OH is 1. The van der Waals surface area contributed by atoms with Gasteiger partial charge < -0.3 is 5.11 Å². The summed E-state index contributed by atoms with van der Waals surface area (Å²) in [4.78, 5) is 9.06. The molecule has 2 rings (SSSR count). The largest absolute Gasteiger partial charge is 0.389 e. The van der Waals surface area contributed by atoms with Crippen LogP contribution >= 0.6 is 0 Å². The van der Waals surface area contributed by atoms with Gasteiger partial charge in [-0.25, -0.2) is 9.97 Å². The monoisotopic (exact) mass is 248 g/mol. The number of aromatic nitrogens is 2. The average Bonchev–Trinajstić information content (AvgIpc) is 2.38. The molecule has 1 saturated carbocycles. The maximum Gasteiger partial charge on any atom is 0.131 e. The summed E-state index contributed by atoms with van der Waals surface area (Å²) in [6, 6.07) is 0. The molecule has 3 nitrogen and oxygen atoms in total. The normalized spacial score (nSPS) is 26.0. The van der Waals surface area contributed by atoms with Gasteiger partial charge in [-0.3, -0.25) is 0 Å². The molecule has 0 amide bonds. The average molecular weight is 248 g/mol. The standard InChI is InChI=1S/C15H24N2O/c1-4-12-5-7-13(8-6-12)15-16-9-14(11(3)18)10(2)17-15/h9,11-13,18H,4-8H2,1-3H3/t11-,12?,13?/m0/s1. The number of hydrogen-bond acceptors (Lipinski definition) is 3. The lowest BCUT2D eigenvalue weighted by Gasteiger charge is -2.27. The first-order valence-corrected chi connectivity index (χ1v) is 7.13. The van der Waals surface area contributed by atoms with Crippen LogP contribution < -0.4 is 0 Å². The van der Waals surface area contributed by atoms with Gasteiger partial charge in [0.1, 0.15) is 5.82 Å². The van der Waals surface area contributed by atoms with E-state index in [9.17, 15) is 5.11 Å². The number of hydrogen-bond donors (Lipinski definition) is 1. The summed E-state index contributed by atoms with van der Waals surface area (Å²) >= 11 is 0. The van der Waals surface area contributed by atoms with Crippen LogP contribution in [-0.2, 0) is 0 Å². The van der Waals surface area contributed by atoms with Crippen molar-refractivity contribution in [2.45, 2.75) is 64.9 Å². The van der Waals surface area contributed by atoms with E-state index in [1.54, 1.807) is 13.1 Å². The molecule has 0 aromatic carbocycles. The Labute approximate surface area is 110 Å². The number of aliphatic hydroxyl groups is 1. The Kier molecular flexibility index (Phi) is 4.33. The Morgan fingerprint density at radius 1 is 1.33 bits per heavy atom. The molecule has 0 aliphatic heterocycles. The SMILES string of the molecule is CCC1CCC(c2ncc([C@H](C)O)c(C)n2)CC1. The Morgan fingerprint density at radius 2 is 2.00 bits per heavy atom. The predicted molar refractivity (Wildman–Crippen MR) is 72.4 cm³/mol. The topological polar surface area (TPSA) is 46.0 Å². The summed E-state index contributed by atoms with van der Waals surface area (Å²) in [7, 11) is 0. The van der Waals surface area contributed by atoms with Gasteiger partial charge in [0.25, 0.3) is 0 Å². The highest BCUT2D eigenvalue weighted by Gasteiger charge is 2.23. The first kappa shape index (κ1) is 13.5. The third kappa shape index (κ3) is 2.89. The van der Waals surface area contributed by atoms with Crippen LogP contribution in [0.25, 0.3) is 0 Å². The second-order valence-corrected chi connectivity index (χ2v) is 5.57. The van der Waals surface area contributed by atoms with Gasteiger partial charge in [0.2, 0.25) is 0 Å². The second-order valence-electron chi connectivity index (χ2n) is 5.57. The van der Waals surface area contributed by atoms with Crippen LogP contribution in [0.3, 0.4) is 0 Å². The third-order valence-corrected chi connectivity index (χ3v) is 4.28. The van der Waals surface area contributed by atoms with Crippen LogP contribution in [0.1, 0.15) is 75.1 Å². The van der Waals surface area contributed by atoms with Crippen molar-refractivity contribution in [2.75, 3.05) is 0 Å². The van der Waals surface area contributed by atoms with Crippen molar-refractivity contribution in [3.8, 4) is 0 Å². The highest BCUT2D eigenvalue weighted by molar-refractivity contribution is 5.19. The zero-order valence-electron chi connectivity index (χ0n) is 11.7. The molecular formula is C15H24N2O. The van der Waals surface area contributed by atoms with Gasteiger partial charge in [0.15, 0.2) is 0 Å². The van der Waals surface area contributed by atoms with E-state index < -0.39 is 6.10 Å². The van der Waals surface area contributed by atoms with Crippen LogP contribution in [0.2, 0.25) is 0 Å². The molecule has 0 radical (unpaired) electrons. The van der Waals surface area contributed by atoms with E-state index in [-0.39, 0.29) is 0 Å². The fourth-order valence-corrected chi connectivity index (χ4v) is 2.93. The van der Waals surface area contributed by atoms with Gasteiger partial charge in [0.05, 0.1) is 6.10 Å². The summed E-state index contributed by atoms with van der Waals surface area (Å²) < 4.78 is 0. The van der Waals surface area contributed by atoms with Crippen molar-refractivity contribution >= 4 is 0 Å². The molecule has 1 aliphatic rings. The van der Waals surface area contributed by atoms with Crippen LogP contribution in [0.15, 0.2) is 6.20 Å². The fraction of sp³-hybridized carbons (Fsp3) is 0.733. The van der Waals surface area contributed by atoms with E-state index in [1.165, 1.54) is 32.1 Å². The molecule has 1 heterocycles. The predicted octanol–water partition coefficient (Wildman–Crippen LogP) is 3.52. The summed E-state index contributed by atoms with van der Waals surface area (Å²) in [5.74, 6) is 2.40. The van der Waals surface area contributed by atoms with Crippen LogP contribution in [0.4, 0.5) is 0 Å². The molecule has 1 aromatic rings. The minimum atomic E-state index is -0.477. The number of nitrogens with zero attached hydrogens (tertiary/aromatic N) is 2. The third-order valence-electron chi connectivity index (χ3n) is 4.28. The van der Waals surface area contributed by atoms with E-state index in [0.29, 0.717) is 5.92 Å². The quantitative estimate of drug-likeness (QED) is 0.890. The summed E-state index contributed by atoms with van der Waals surface area (Å²) in [5, 5.41) is 9.59. The molecule has 0 bridgehead atoms. The van der Waals surface area contributed by atoms with Gasteiger partial charge in [-0.15, -0.1) is 0 Å². The molecule has 0 unspecified atom stereocenters. The number of rotatable bonds is 3. The maximum absolute atomic E-state index is 9.59. The van der Waals surface area contributed by atoms with Gasteiger partial charge in [0, 0.05) is 23.4 Å². The van der Waals surface area contributed by atoms with Crippen molar-refractivity contribution in [1.82, 2.24) is 9.97 Å². The first-order valence-electron chi connectivity index (χ1n) is 7.13. The Hall–Kier alpha value is -0.960. The van der Waals surface area contributed by atoms with Gasteiger partial charge >= 0.3 is 0 Å². The molecule has 1 N–H and O–H groups in total. The Morgan fingerprint density at radius 3 is 2.50 bits per heavy atom. The highest BCUT2D eigenvalue weighted by Crippen LogP contribution is 2.35. The van der Waals surface area contributed by atoms with E-state index in [4.69, 9.17) is 0 Å². The molecule has 1 aromatic heterocycles. The van der Waals surface area contributed by atoms with Gasteiger partial charge in [-0.05, 0) is 45.4 Å². The zero-order valence-corrected chi connectivity index (χ0v) is 11.7. The molecule has 1 atom stereocenters. The Bertz CT molecular complexity index is 395. The van der Waals surface area contributed by atoms with Crippen molar-refractivity contribution < 1.29 is 5.11 Å². The molecule has 0 spiro atoms. The van der Waals surface area contributed by atoms with Crippen LogP contribution in [0, 0.1) is 12.8 Å². The molecule has 1 aliphatic carbocycles. The zero-order chi connectivity index (χ0) is 13.1. The van der Waals surface area contributed by atoms with Gasteiger partial charge in [-0.1, -0.05) is 13.3 Å². The first-order chi connectivity index (χ1) is 8.61. The molecule has 3 heteroatoms. The lowest BCUT2D eigenvalue weighted by molar-refractivity contribution is 0.197. The highest BCUT2D eigenvalue weighted by atomic mass is 16.3. The molecule has 0 saturated heterocycles. The molecular weight excluding hydrogens is 224 g/mol. The second kappa shape index (κ2) is 5.79. The van der Waals surface area contributed by atoms with Crippen molar-refractivity contribution in [2.24, 2.45) is 5.92 Å². The molecule has 100 valence electrons. The van der Waals surface area contributed by atoms with E-state index in [2.05, 4.69) is 16.9 Å². The summed E-state index contributed by atoms with van der Waals surface area (Å²) in [6.07, 6.45) is 7.67. The van der Waals surface area contributed by atoms with Crippen molar-refractivity contribution in [1.29, 1.82) is 0 Å². The molecule has 18 heavy (non-hydrogen) atoms. The fourth-order valence-electron chi connectivity index (χ4n) is 2.93. The van der Waals surface area contributed by atoms with E-state index >= 15 is 0 Å². The summed E-state index contributed by atoms with van der Waals surface area (Å²) in [6.45, 7) is 6.01. The lowest BCUT2D eigenvalue weighted by atomic mass is 9.80. The minimum absolute atomic E-state index is 0.477. The summed E-state index contributed by atoms with van der Waals surface area (Å²) in [5.41, 5.74) is 1.77. The van der Waals surface area contributed by atoms with Crippen LogP contribution in [0.5, 0.6) is 0 Å². The van der Waals surface area contributed by atoms with Crippen molar-refractivity contribution in [3.63, 3.8) is 0 Å². The molecule has 1 fully saturated rings. The smallest absolute Gasteiger partial charge is 0.131 e. The van der Waals surface area contributed by atoms with Crippen molar-refractivity contribution in [3.05, 3.63) is 23.3 Å². The van der Waals surface area contributed by atoms with Crippen LogP contribution in [-0.4, -0.2) is 15.1 Å². The maximum atomic E-state index is 9.59.